The Bertz CT molecular complexity index is 1500. The van der Waals surface area contributed by atoms with Gasteiger partial charge in [0.15, 0.2) is 0 Å². The minimum Gasteiger partial charge on any atom is -0.0830 e. The molecule has 1 atom stereocenters. The predicted octanol–water partition coefficient (Wildman–Crippen LogP) is 8.17. The molecule has 0 fully saturated rings. The Labute approximate surface area is 192 Å². The molecule has 4 aliphatic carbocycles. The molecule has 32 heavy (non-hydrogen) atoms. The average Bonchev–Trinajstić information content (AvgIpc) is 3.03. The van der Waals surface area contributed by atoms with Crippen molar-refractivity contribution < 1.29 is 0 Å². The molecule has 0 spiro atoms. The van der Waals surface area contributed by atoms with E-state index in [0.717, 1.165) is 10.6 Å². The van der Waals surface area contributed by atoms with Crippen LogP contribution in [0.3, 0.4) is 0 Å². The van der Waals surface area contributed by atoms with Crippen LogP contribution in [0.1, 0.15) is 27.8 Å². The van der Waals surface area contributed by atoms with Crippen LogP contribution in [0.25, 0.3) is 27.8 Å². The molecule has 0 bridgehead atoms. The third-order valence-corrected chi connectivity index (χ3v) is 7.35. The second-order valence-corrected chi connectivity index (χ2v) is 8.96. The Kier molecular flexibility index (Phi) is 3.77. The van der Waals surface area contributed by atoms with Crippen LogP contribution in [0.5, 0.6) is 0 Å². The fraction of sp³-hybridized carbons (Fsp3) is 0.0323. The molecule has 0 nitrogen and oxygen atoms in total. The van der Waals surface area contributed by atoms with Gasteiger partial charge in [0, 0.05) is 17.1 Å². The zero-order valence-electron chi connectivity index (χ0n) is 17.3. The van der Waals surface area contributed by atoms with Gasteiger partial charge in [-0.2, -0.15) is 0 Å². The van der Waals surface area contributed by atoms with Crippen LogP contribution >= 0.6 is 11.6 Å². The maximum Gasteiger partial charge on any atom is 0.0569 e. The maximum absolute atomic E-state index is 7.22. The summed E-state index contributed by atoms with van der Waals surface area (Å²) in [4.78, 5) is 0. The molecule has 0 radical (unpaired) electrons. The Balaban J connectivity index is 1.66. The summed E-state index contributed by atoms with van der Waals surface area (Å²) in [5.41, 5.74) is 13.8. The molecule has 0 saturated carbocycles. The topological polar surface area (TPSA) is 0 Å². The summed E-state index contributed by atoms with van der Waals surface area (Å²) in [7, 11) is 0. The summed E-state index contributed by atoms with van der Waals surface area (Å²) in [5, 5.41) is 0.857. The van der Waals surface area contributed by atoms with Crippen LogP contribution in [-0.2, 0) is 0 Å². The first-order valence-electron chi connectivity index (χ1n) is 11.0. The number of hydrogen-bond donors (Lipinski definition) is 0. The lowest BCUT2D eigenvalue weighted by Crippen LogP contribution is -2.17. The highest BCUT2D eigenvalue weighted by Gasteiger charge is 2.41. The van der Waals surface area contributed by atoms with Gasteiger partial charge in [0.2, 0.25) is 0 Å². The molecule has 7 rings (SSSR count). The summed E-state index contributed by atoms with van der Waals surface area (Å²) in [6.07, 6.45) is 11.3. The Morgan fingerprint density at radius 3 is 2.12 bits per heavy atom. The van der Waals surface area contributed by atoms with E-state index in [9.17, 15) is 0 Å². The first kappa shape index (κ1) is 18.0. The molecule has 0 saturated heterocycles. The van der Waals surface area contributed by atoms with Gasteiger partial charge in [-0.25, -0.2) is 0 Å². The number of fused-ring (bicyclic) bond motifs is 6. The van der Waals surface area contributed by atoms with Crippen molar-refractivity contribution >= 4 is 39.4 Å². The van der Waals surface area contributed by atoms with E-state index in [0.29, 0.717) is 0 Å². The minimum atomic E-state index is 0.178. The normalized spacial score (nSPS) is 19.9. The van der Waals surface area contributed by atoms with E-state index < -0.39 is 0 Å². The fourth-order valence-electron chi connectivity index (χ4n) is 5.67. The standard InChI is InChI=1S/C31H19Cl/c32-31-24-15-7-6-14-23(24)29-26(20-10-2-1-3-11-20)25-16-8-12-21-18-17-19-9-4-5-13-22(19)28(27(21)25)30(29)31/h1-18,25H. The molecular weight excluding hydrogens is 408 g/mol. The van der Waals surface area contributed by atoms with E-state index in [1.54, 1.807) is 0 Å². The number of allylic oxidation sites excluding steroid dienone is 10. The molecule has 1 unspecified atom stereocenters. The lowest BCUT2D eigenvalue weighted by atomic mass is 9.68. The largest absolute Gasteiger partial charge is 0.0830 e. The quantitative estimate of drug-likeness (QED) is 0.368. The third kappa shape index (κ3) is 2.33. The van der Waals surface area contributed by atoms with Crippen LogP contribution in [0.15, 0.2) is 120 Å². The van der Waals surface area contributed by atoms with Gasteiger partial charge < -0.3 is 0 Å². The Morgan fingerprint density at radius 1 is 0.594 bits per heavy atom. The average molecular weight is 427 g/mol. The summed E-state index contributed by atoms with van der Waals surface area (Å²) < 4.78 is 0. The van der Waals surface area contributed by atoms with Crippen molar-refractivity contribution in [3.63, 3.8) is 0 Å². The van der Waals surface area contributed by atoms with Crippen molar-refractivity contribution in [2.45, 2.75) is 0 Å². The van der Waals surface area contributed by atoms with Gasteiger partial charge in [-0.3, -0.25) is 0 Å². The number of benzene rings is 3. The fourth-order valence-corrected chi connectivity index (χ4v) is 6.02. The highest BCUT2D eigenvalue weighted by atomic mass is 35.5. The maximum atomic E-state index is 7.22. The zero-order chi connectivity index (χ0) is 21.2. The van der Waals surface area contributed by atoms with E-state index in [1.807, 2.05) is 0 Å². The monoisotopic (exact) mass is 426 g/mol. The Hall–Kier alpha value is -3.61. The lowest BCUT2D eigenvalue weighted by Gasteiger charge is -2.34. The summed E-state index contributed by atoms with van der Waals surface area (Å²) in [5.74, 6) is 0.178. The SMILES string of the molecule is ClC1=C2C3=C4C(=CC=CC4C(c4ccccc4)=C2c2ccccc21)C=Cc1ccccc13. The van der Waals surface area contributed by atoms with Crippen LogP contribution in [0, 0.1) is 5.92 Å². The van der Waals surface area contributed by atoms with Crippen molar-refractivity contribution in [3.8, 4) is 0 Å². The van der Waals surface area contributed by atoms with Gasteiger partial charge in [-0.15, -0.1) is 0 Å². The molecule has 4 aliphatic rings. The van der Waals surface area contributed by atoms with Crippen LogP contribution < -0.4 is 0 Å². The molecule has 150 valence electrons. The summed E-state index contributed by atoms with van der Waals surface area (Å²) >= 11 is 7.22. The highest BCUT2D eigenvalue weighted by molar-refractivity contribution is 6.54. The second-order valence-electron chi connectivity index (χ2n) is 8.58. The number of rotatable bonds is 1. The van der Waals surface area contributed by atoms with Crippen molar-refractivity contribution in [1.29, 1.82) is 0 Å². The molecule has 0 aromatic heterocycles. The zero-order valence-corrected chi connectivity index (χ0v) is 18.1. The second kappa shape index (κ2) is 6.69. The van der Waals surface area contributed by atoms with E-state index in [1.165, 1.54) is 55.7 Å². The first-order valence-corrected chi connectivity index (χ1v) is 11.4. The summed E-state index contributed by atoms with van der Waals surface area (Å²) in [6.45, 7) is 0. The van der Waals surface area contributed by atoms with Gasteiger partial charge in [-0.05, 0) is 50.1 Å². The van der Waals surface area contributed by atoms with Gasteiger partial charge in [0.25, 0.3) is 0 Å². The van der Waals surface area contributed by atoms with Crippen molar-refractivity contribution in [1.82, 2.24) is 0 Å². The minimum absolute atomic E-state index is 0.178. The molecule has 0 aliphatic heterocycles. The molecule has 3 aromatic rings. The van der Waals surface area contributed by atoms with Crippen LogP contribution in [0.4, 0.5) is 0 Å². The number of halogens is 1. The molecule has 0 heterocycles. The first-order chi connectivity index (χ1) is 15.8. The van der Waals surface area contributed by atoms with Crippen LogP contribution in [-0.4, -0.2) is 0 Å². The van der Waals surface area contributed by atoms with Gasteiger partial charge >= 0.3 is 0 Å². The smallest absolute Gasteiger partial charge is 0.0569 e. The number of hydrogen-bond acceptors (Lipinski definition) is 0. The lowest BCUT2D eigenvalue weighted by molar-refractivity contribution is 0.995. The predicted molar refractivity (Wildman–Crippen MR) is 136 cm³/mol. The molecule has 0 amide bonds. The van der Waals surface area contributed by atoms with Crippen LogP contribution in [0.2, 0.25) is 0 Å². The van der Waals surface area contributed by atoms with Crippen molar-refractivity contribution in [3.05, 3.63) is 148 Å². The van der Waals surface area contributed by atoms with Crippen molar-refractivity contribution in [2.75, 3.05) is 0 Å². The highest BCUT2D eigenvalue weighted by Crippen LogP contribution is 2.60. The van der Waals surface area contributed by atoms with Crippen molar-refractivity contribution in [2.24, 2.45) is 5.92 Å². The molecule has 1 heteroatoms. The third-order valence-electron chi connectivity index (χ3n) is 6.96. The summed E-state index contributed by atoms with van der Waals surface area (Å²) in [6, 6.07) is 28.1. The van der Waals surface area contributed by atoms with Gasteiger partial charge in [-0.1, -0.05) is 121 Å². The van der Waals surface area contributed by atoms with Gasteiger partial charge in [0.05, 0.1) is 5.03 Å². The van der Waals surface area contributed by atoms with E-state index in [4.69, 9.17) is 11.6 Å². The Morgan fingerprint density at radius 2 is 1.28 bits per heavy atom. The molecular formula is C31H19Cl. The molecule has 3 aromatic carbocycles. The van der Waals surface area contributed by atoms with E-state index in [2.05, 4.69) is 109 Å². The van der Waals surface area contributed by atoms with Gasteiger partial charge in [0.1, 0.15) is 0 Å². The van der Waals surface area contributed by atoms with E-state index >= 15 is 0 Å². The molecule has 0 N–H and O–H groups in total. The van der Waals surface area contributed by atoms with E-state index in [-0.39, 0.29) is 5.92 Å².